The molecule has 0 saturated carbocycles. The number of nitrogens with zero attached hydrogens (tertiary/aromatic N) is 2. The number of alkyl halides is 3. The molecule has 1 aliphatic rings. The van der Waals surface area contributed by atoms with Crippen LogP contribution in [0.15, 0.2) is 52.9 Å². The van der Waals surface area contributed by atoms with E-state index in [-0.39, 0.29) is 17.9 Å². The predicted octanol–water partition coefficient (Wildman–Crippen LogP) is 5.34. The summed E-state index contributed by atoms with van der Waals surface area (Å²) in [5, 5.41) is 0. The Bertz CT molecular complexity index is 1160. The molecule has 4 rings (SSSR count). The zero-order valence-corrected chi connectivity index (χ0v) is 20.1. The van der Waals surface area contributed by atoms with Crippen LogP contribution in [0, 0.1) is 6.92 Å². The van der Waals surface area contributed by atoms with Crippen molar-refractivity contribution in [3.8, 4) is 17.2 Å². The maximum Gasteiger partial charge on any atom is 0.416 e. The van der Waals surface area contributed by atoms with Crippen molar-refractivity contribution in [2.45, 2.75) is 32.1 Å². The van der Waals surface area contributed by atoms with Gasteiger partial charge in [-0.25, -0.2) is 4.98 Å². The summed E-state index contributed by atoms with van der Waals surface area (Å²) >= 11 is 1.70. The molecular formula is C25H25F3N2O4S. The lowest BCUT2D eigenvalue weighted by Gasteiger charge is -2.21. The number of oxazole rings is 1. The molecule has 2 heterocycles. The molecule has 0 bridgehead atoms. The maximum atomic E-state index is 12.8. The molecule has 186 valence electrons. The summed E-state index contributed by atoms with van der Waals surface area (Å²) in [5.74, 6) is 2.83. The number of halogens is 3. The molecule has 0 aliphatic carbocycles. The lowest BCUT2D eigenvalue weighted by Crippen LogP contribution is -2.38. The Morgan fingerprint density at radius 3 is 2.71 bits per heavy atom. The van der Waals surface area contributed by atoms with Crippen LogP contribution in [-0.4, -0.2) is 47.2 Å². The van der Waals surface area contributed by atoms with E-state index in [9.17, 15) is 18.0 Å². The van der Waals surface area contributed by atoms with Gasteiger partial charge in [-0.2, -0.15) is 13.2 Å². The number of ether oxygens (including phenoxy) is 2. The number of hydrogen-bond acceptors (Lipinski definition) is 7. The van der Waals surface area contributed by atoms with Crippen LogP contribution < -0.4 is 4.74 Å². The first-order valence-electron chi connectivity index (χ1n) is 11.0. The van der Waals surface area contributed by atoms with Gasteiger partial charge in [-0.3, -0.25) is 9.69 Å². The summed E-state index contributed by atoms with van der Waals surface area (Å²) in [6.07, 6.45) is -3.91. The number of carbonyl (C=O) groups is 1. The number of aryl methyl sites for hydroxylation is 1. The monoisotopic (exact) mass is 506 g/mol. The Morgan fingerprint density at radius 1 is 1.23 bits per heavy atom. The van der Waals surface area contributed by atoms with Crippen LogP contribution in [0.2, 0.25) is 0 Å². The quantitative estimate of drug-likeness (QED) is 0.382. The molecule has 0 amide bonds. The molecule has 6 nitrogen and oxygen atoms in total. The van der Waals surface area contributed by atoms with E-state index in [0.29, 0.717) is 48.1 Å². The lowest BCUT2D eigenvalue weighted by molar-refractivity contribution is -0.145. The average molecular weight is 507 g/mol. The minimum absolute atomic E-state index is 0.221. The fraction of sp³-hybridized carbons (Fsp3) is 0.360. The van der Waals surface area contributed by atoms with E-state index < -0.39 is 11.7 Å². The van der Waals surface area contributed by atoms with Gasteiger partial charge in [-0.1, -0.05) is 12.1 Å². The van der Waals surface area contributed by atoms with Crippen molar-refractivity contribution < 1.29 is 31.9 Å². The fourth-order valence-corrected chi connectivity index (χ4v) is 4.99. The van der Waals surface area contributed by atoms with Gasteiger partial charge in [0, 0.05) is 30.2 Å². The van der Waals surface area contributed by atoms with Gasteiger partial charge in [0.2, 0.25) is 5.89 Å². The molecule has 0 spiro atoms. The third-order valence-corrected chi connectivity index (χ3v) is 6.76. The number of methoxy groups -OCH3 is 1. The molecule has 35 heavy (non-hydrogen) atoms. The van der Waals surface area contributed by atoms with Gasteiger partial charge in [0.05, 0.1) is 25.0 Å². The SMILES string of the molecule is COC(=O)[C@@H]1CSCN1Cc1cccc(OCCc2nc(-c3ccc(C(F)(F)F)cc3)oc2C)c1. The van der Waals surface area contributed by atoms with E-state index in [4.69, 9.17) is 13.9 Å². The van der Waals surface area contributed by atoms with Crippen LogP contribution in [0.4, 0.5) is 13.2 Å². The highest BCUT2D eigenvalue weighted by atomic mass is 32.2. The zero-order valence-electron chi connectivity index (χ0n) is 19.3. The van der Waals surface area contributed by atoms with Gasteiger partial charge in [-0.15, -0.1) is 11.8 Å². The minimum Gasteiger partial charge on any atom is -0.493 e. The molecule has 1 aromatic heterocycles. The number of aromatic nitrogens is 1. The second-order valence-electron chi connectivity index (χ2n) is 8.13. The summed E-state index contributed by atoms with van der Waals surface area (Å²) < 4.78 is 54.8. The van der Waals surface area contributed by atoms with Crippen LogP contribution in [0.1, 0.15) is 22.6 Å². The summed E-state index contributed by atoms with van der Waals surface area (Å²) in [7, 11) is 1.40. The first-order chi connectivity index (χ1) is 16.7. The highest BCUT2D eigenvalue weighted by molar-refractivity contribution is 7.99. The van der Waals surface area contributed by atoms with Gasteiger partial charge >= 0.3 is 12.1 Å². The molecule has 0 N–H and O–H groups in total. The van der Waals surface area contributed by atoms with Crippen molar-refractivity contribution in [2.24, 2.45) is 0 Å². The van der Waals surface area contributed by atoms with Crippen molar-refractivity contribution in [2.75, 3.05) is 25.3 Å². The molecule has 1 atom stereocenters. The van der Waals surface area contributed by atoms with Crippen molar-refractivity contribution in [3.05, 3.63) is 71.1 Å². The maximum absolute atomic E-state index is 12.8. The Balaban J connectivity index is 1.34. The number of rotatable bonds is 8. The van der Waals surface area contributed by atoms with Crippen molar-refractivity contribution in [1.29, 1.82) is 0 Å². The Labute approximate surface area is 205 Å². The third kappa shape index (κ3) is 6.18. The van der Waals surface area contributed by atoms with Gasteiger partial charge in [0.15, 0.2) is 0 Å². The molecule has 1 fully saturated rings. The number of benzene rings is 2. The Morgan fingerprint density at radius 2 is 2.00 bits per heavy atom. The summed E-state index contributed by atoms with van der Waals surface area (Å²) in [5.41, 5.74) is 1.48. The van der Waals surface area contributed by atoms with E-state index in [2.05, 4.69) is 9.88 Å². The van der Waals surface area contributed by atoms with Crippen LogP contribution in [0.25, 0.3) is 11.5 Å². The van der Waals surface area contributed by atoms with Gasteiger partial charge in [-0.05, 0) is 48.9 Å². The number of carbonyl (C=O) groups excluding carboxylic acids is 1. The van der Waals surface area contributed by atoms with E-state index in [0.717, 1.165) is 23.6 Å². The highest BCUT2D eigenvalue weighted by Crippen LogP contribution is 2.31. The molecule has 3 aromatic rings. The van der Waals surface area contributed by atoms with E-state index in [1.807, 2.05) is 24.3 Å². The van der Waals surface area contributed by atoms with Crippen LogP contribution >= 0.6 is 11.8 Å². The van der Waals surface area contributed by atoms with E-state index in [1.165, 1.54) is 19.2 Å². The Kier molecular flexibility index (Phi) is 7.71. The number of thioether (sulfide) groups is 1. The second-order valence-corrected chi connectivity index (χ2v) is 9.13. The molecular weight excluding hydrogens is 481 g/mol. The number of esters is 1. The summed E-state index contributed by atoms with van der Waals surface area (Å²) in [4.78, 5) is 18.5. The molecule has 0 radical (unpaired) electrons. The molecule has 10 heteroatoms. The lowest BCUT2D eigenvalue weighted by atomic mass is 10.1. The van der Waals surface area contributed by atoms with Crippen molar-refractivity contribution in [1.82, 2.24) is 9.88 Å². The largest absolute Gasteiger partial charge is 0.493 e. The van der Waals surface area contributed by atoms with Crippen LogP contribution in [0.3, 0.4) is 0 Å². The zero-order chi connectivity index (χ0) is 25.0. The standard InChI is InChI=1S/C25H25F3N2O4S/c1-16-21(29-23(34-16)18-6-8-19(9-7-18)25(26,27)28)10-11-33-20-5-3-4-17(12-20)13-30-15-35-14-22(30)24(31)32-2/h3-9,12,22H,10-11,13-15H2,1-2H3/t22-/m0/s1. The van der Waals surface area contributed by atoms with Gasteiger partial charge < -0.3 is 13.9 Å². The van der Waals surface area contributed by atoms with Crippen molar-refractivity contribution in [3.63, 3.8) is 0 Å². The highest BCUT2D eigenvalue weighted by Gasteiger charge is 2.32. The van der Waals surface area contributed by atoms with Gasteiger partial charge in [0.25, 0.3) is 0 Å². The summed E-state index contributed by atoms with van der Waals surface area (Å²) in [6.45, 7) is 2.73. The normalized spacial score (nSPS) is 16.4. The van der Waals surface area contributed by atoms with E-state index >= 15 is 0 Å². The number of hydrogen-bond donors (Lipinski definition) is 0. The Hall–Kier alpha value is -2.98. The first-order valence-corrected chi connectivity index (χ1v) is 12.2. The van der Waals surface area contributed by atoms with Gasteiger partial charge in [0.1, 0.15) is 17.6 Å². The topological polar surface area (TPSA) is 64.8 Å². The average Bonchev–Trinajstić information content (AvgIpc) is 3.45. The summed E-state index contributed by atoms with van der Waals surface area (Å²) in [6, 6.07) is 12.2. The predicted molar refractivity (Wildman–Crippen MR) is 126 cm³/mol. The fourth-order valence-electron chi connectivity index (χ4n) is 3.80. The molecule has 1 aliphatic heterocycles. The first kappa shape index (κ1) is 25.1. The smallest absolute Gasteiger partial charge is 0.416 e. The second kappa shape index (κ2) is 10.7. The van der Waals surface area contributed by atoms with E-state index in [1.54, 1.807) is 18.7 Å². The van der Waals surface area contributed by atoms with Crippen LogP contribution in [-0.2, 0) is 28.7 Å². The minimum atomic E-state index is -4.39. The molecule has 2 aromatic carbocycles. The third-order valence-electron chi connectivity index (χ3n) is 5.69. The van der Waals surface area contributed by atoms with Crippen LogP contribution in [0.5, 0.6) is 5.75 Å². The molecule has 1 saturated heterocycles. The molecule has 0 unspecified atom stereocenters. The van der Waals surface area contributed by atoms with Crippen molar-refractivity contribution >= 4 is 17.7 Å².